The predicted octanol–water partition coefficient (Wildman–Crippen LogP) is 6.04. The number of thiophene rings is 1. The topological polar surface area (TPSA) is 106 Å². The number of hydrogen-bond acceptors (Lipinski definition) is 8. The fraction of sp³-hybridized carbons (Fsp3) is 0.559. The summed E-state index contributed by atoms with van der Waals surface area (Å²) >= 11 is 1.61. The van der Waals surface area contributed by atoms with Crippen molar-refractivity contribution in [3.05, 3.63) is 40.8 Å². The number of carboxylic acids is 1. The Kier molecular flexibility index (Phi) is 12.6. The number of carbonyl (C=O) groups excluding carboxylic acids is 1. The largest absolute Gasteiger partial charge is 0.493 e. The molecular formula is C34H45ClN4O5S. The number of ether oxygens (including phenoxy) is 2. The number of carboxylic acid groups (broad SMARTS) is 1. The van der Waals surface area contributed by atoms with Crippen LogP contribution in [0.15, 0.2) is 30.3 Å². The number of amides is 1. The molecule has 1 N–H and O–H groups in total. The van der Waals surface area contributed by atoms with Gasteiger partial charge in [0.1, 0.15) is 0 Å². The summed E-state index contributed by atoms with van der Waals surface area (Å²) in [7, 11) is 3.15. The first-order valence-electron chi connectivity index (χ1n) is 15.8. The minimum Gasteiger partial charge on any atom is -0.493 e. The van der Waals surface area contributed by atoms with Gasteiger partial charge in [-0.2, -0.15) is 5.26 Å². The van der Waals surface area contributed by atoms with E-state index in [0.29, 0.717) is 23.1 Å². The van der Waals surface area contributed by atoms with Crippen molar-refractivity contribution < 1.29 is 24.2 Å². The van der Waals surface area contributed by atoms with E-state index in [9.17, 15) is 20.0 Å². The van der Waals surface area contributed by atoms with Gasteiger partial charge in [0.05, 0.1) is 36.8 Å². The number of anilines is 1. The second kappa shape index (κ2) is 16.3. The summed E-state index contributed by atoms with van der Waals surface area (Å²) in [4.78, 5) is 33.3. The standard InChI is InChI=1S/C34H44N4O5S.ClH/c1-42-30-8-6-25(21-31(30)43-2)26(23-35)20-28-7-9-33(44-28)38-16-10-24(11-17-38)29(34(40)41)22-32(39)37-18-12-27(13-19-37)36-14-4-3-5-15-36;/h6-9,20-21,24,27,29H,3-5,10-19,22H2,1-2H3,(H,40,41);1H. The van der Waals surface area contributed by atoms with Crippen LogP contribution in [-0.4, -0.2) is 86.3 Å². The Balaban J connectivity index is 0.00000461. The molecule has 0 bridgehead atoms. The normalized spacial score (nSPS) is 19.4. The number of aliphatic carboxylic acids is 1. The van der Waals surface area contributed by atoms with Gasteiger partial charge < -0.3 is 29.3 Å². The Morgan fingerprint density at radius 3 is 2.29 bits per heavy atom. The Labute approximate surface area is 276 Å². The summed E-state index contributed by atoms with van der Waals surface area (Å²) in [6, 6.07) is 12.4. The molecule has 244 valence electrons. The summed E-state index contributed by atoms with van der Waals surface area (Å²) in [5.41, 5.74) is 1.28. The van der Waals surface area contributed by atoms with Crippen LogP contribution in [0.4, 0.5) is 5.00 Å². The van der Waals surface area contributed by atoms with Crippen LogP contribution in [0.5, 0.6) is 11.5 Å². The number of carbonyl (C=O) groups is 2. The molecule has 1 unspecified atom stereocenters. The molecule has 45 heavy (non-hydrogen) atoms. The molecule has 0 spiro atoms. The first-order chi connectivity index (χ1) is 21.4. The highest BCUT2D eigenvalue weighted by molar-refractivity contribution is 7.17. The third-order valence-electron chi connectivity index (χ3n) is 9.57. The average molecular weight is 657 g/mol. The fourth-order valence-corrected chi connectivity index (χ4v) is 7.98. The SMILES string of the molecule is COc1ccc(C(C#N)=Cc2ccc(N3CCC(C(CC(=O)N4CCC(N5CCCCC5)CC4)C(=O)O)CC3)s2)cc1OC.Cl. The van der Waals surface area contributed by atoms with Gasteiger partial charge in [0.2, 0.25) is 5.91 Å². The summed E-state index contributed by atoms with van der Waals surface area (Å²) in [5.74, 6) is -0.353. The second-order valence-electron chi connectivity index (χ2n) is 12.1. The molecule has 1 aromatic carbocycles. The van der Waals surface area contributed by atoms with Crippen LogP contribution in [0.25, 0.3) is 11.6 Å². The molecular weight excluding hydrogens is 612 g/mol. The lowest BCUT2D eigenvalue weighted by molar-refractivity contribution is -0.149. The van der Waals surface area contributed by atoms with Gasteiger partial charge in [0.15, 0.2) is 11.5 Å². The molecule has 1 amide bonds. The summed E-state index contributed by atoms with van der Waals surface area (Å²) < 4.78 is 10.7. The number of piperidine rings is 3. The zero-order valence-corrected chi connectivity index (χ0v) is 27.9. The predicted molar refractivity (Wildman–Crippen MR) is 180 cm³/mol. The molecule has 9 nitrogen and oxygen atoms in total. The number of benzene rings is 1. The highest BCUT2D eigenvalue weighted by atomic mass is 35.5. The molecule has 3 aliphatic rings. The van der Waals surface area contributed by atoms with Crippen molar-refractivity contribution in [3.63, 3.8) is 0 Å². The lowest BCUT2D eigenvalue weighted by atomic mass is 9.82. The van der Waals surface area contributed by atoms with Crippen molar-refractivity contribution >= 4 is 52.3 Å². The first kappa shape index (κ1) is 34.6. The number of rotatable bonds is 10. The summed E-state index contributed by atoms with van der Waals surface area (Å²) in [5, 5.41) is 21.0. The molecule has 0 saturated carbocycles. The van der Waals surface area contributed by atoms with Gasteiger partial charge in [0, 0.05) is 43.5 Å². The number of halogens is 1. The van der Waals surface area contributed by atoms with Crippen molar-refractivity contribution in [1.29, 1.82) is 5.26 Å². The molecule has 11 heteroatoms. The fourth-order valence-electron chi connectivity index (χ4n) is 6.97. The molecule has 0 aliphatic carbocycles. The van der Waals surface area contributed by atoms with Crippen LogP contribution in [0, 0.1) is 23.2 Å². The van der Waals surface area contributed by atoms with Crippen molar-refractivity contribution in [3.8, 4) is 17.6 Å². The molecule has 3 saturated heterocycles. The van der Waals surface area contributed by atoms with Gasteiger partial charge in [0.25, 0.3) is 0 Å². The molecule has 2 aromatic rings. The highest BCUT2D eigenvalue weighted by Gasteiger charge is 2.35. The third-order valence-corrected chi connectivity index (χ3v) is 10.7. The van der Waals surface area contributed by atoms with Crippen LogP contribution in [0.3, 0.4) is 0 Å². The quantitative estimate of drug-likeness (QED) is 0.309. The number of allylic oxidation sites excluding steroid dienone is 1. The maximum absolute atomic E-state index is 13.2. The maximum atomic E-state index is 13.2. The molecule has 4 heterocycles. The van der Waals surface area contributed by atoms with E-state index in [0.717, 1.165) is 67.3 Å². The number of nitriles is 1. The van der Waals surface area contributed by atoms with Crippen LogP contribution in [0.1, 0.15) is 61.8 Å². The lowest BCUT2D eigenvalue weighted by Crippen LogP contribution is -2.49. The van der Waals surface area contributed by atoms with E-state index >= 15 is 0 Å². The van der Waals surface area contributed by atoms with E-state index in [4.69, 9.17) is 9.47 Å². The van der Waals surface area contributed by atoms with Crippen molar-refractivity contribution in [2.75, 3.05) is 58.4 Å². The van der Waals surface area contributed by atoms with E-state index in [1.165, 1.54) is 32.4 Å². The molecule has 3 fully saturated rings. The van der Waals surface area contributed by atoms with E-state index in [1.54, 1.807) is 37.7 Å². The van der Waals surface area contributed by atoms with E-state index in [1.807, 2.05) is 23.1 Å². The van der Waals surface area contributed by atoms with Crippen LogP contribution in [0.2, 0.25) is 0 Å². The molecule has 0 radical (unpaired) electrons. The first-order valence-corrected chi connectivity index (χ1v) is 16.7. The van der Waals surface area contributed by atoms with Gasteiger partial charge in [-0.1, -0.05) is 6.42 Å². The highest BCUT2D eigenvalue weighted by Crippen LogP contribution is 2.36. The molecule has 1 aromatic heterocycles. The van der Waals surface area contributed by atoms with E-state index < -0.39 is 11.9 Å². The smallest absolute Gasteiger partial charge is 0.307 e. The Morgan fingerprint density at radius 1 is 0.978 bits per heavy atom. The Hall–Kier alpha value is -3.26. The second-order valence-corrected chi connectivity index (χ2v) is 13.2. The van der Waals surface area contributed by atoms with Gasteiger partial charge >= 0.3 is 5.97 Å². The van der Waals surface area contributed by atoms with Crippen LogP contribution < -0.4 is 14.4 Å². The Morgan fingerprint density at radius 2 is 1.67 bits per heavy atom. The number of nitrogens with zero attached hydrogens (tertiary/aromatic N) is 4. The van der Waals surface area contributed by atoms with Crippen molar-refractivity contribution in [2.24, 2.45) is 11.8 Å². The number of methoxy groups -OCH3 is 2. The Bertz CT molecular complexity index is 1370. The average Bonchev–Trinajstić information content (AvgIpc) is 3.54. The molecule has 3 aliphatic heterocycles. The van der Waals surface area contributed by atoms with Crippen molar-refractivity contribution in [2.45, 2.75) is 57.4 Å². The minimum absolute atomic E-state index is 0. The van der Waals surface area contributed by atoms with Gasteiger partial charge in [-0.15, -0.1) is 23.7 Å². The van der Waals surface area contributed by atoms with Crippen molar-refractivity contribution in [1.82, 2.24) is 9.80 Å². The minimum atomic E-state index is -0.859. The summed E-state index contributed by atoms with van der Waals surface area (Å²) in [6.07, 6.45) is 9.28. The lowest BCUT2D eigenvalue weighted by Gasteiger charge is -2.40. The van der Waals surface area contributed by atoms with Gasteiger partial charge in [-0.25, -0.2) is 0 Å². The van der Waals surface area contributed by atoms with E-state index in [-0.39, 0.29) is 30.7 Å². The zero-order chi connectivity index (χ0) is 31.1. The summed E-state index contributed by atoms with van der Waals surface area (Å²) in [6.45, 7) is 5.30. The molecule has 5 rings (SSSR count). The van der Waals surface area contributed by atoms with E-state index in [2.05, 4.69) is 21.9 Å². The third kappa shape index (κ3) is 8.51. The molecule has 1 atom stereocenters. The maximum Gasteiger partial charge on any atom is 0.307 e. The zero-order valence-electron chi connectivity index (χ0n) is 26.3. The van der Waals surface area contributed by atoms with Crippen LogP contribution in [-0.2, 0) is 9.59 Å². The monoisotopic (exact) mass is 656 g/mol. The number of likely N-dealkylation sites (tertiary alicyclic amines) is 2. The number of hydrogen-bond donors (Lipinski definition) is 1. The van der Waals surface area contributed by atoms with Crippen LogP contribution >= 0.6 is 23.7 Å². The van der Waals surface area contributed by atoms with Gasteiger partial charge in [-0.05, 0) is 99.5 Å². The van der Waals surface area contributed by atoms with Gasteiger partial charge in [-0.3, -0.25) is 9.59 Å².